The Labute approximate surface area is 104 Å². The molecule has 0 aromatic heterocycles. The highest BCUT2D eigenvalue weighted by atomic mass is 15.0. The van der Waals surface area contributed by atoms with Crippen LogP contribution in [0.25, 0.3) is 0 Å². The summed E-state index contributed by atoms with van der Waals surface area (Å²) in [5.74, 6) is 1.03. The minimum atomic E-state index is -0.390. The third-order valence-corrected chi connectivity index (χ3v) is 3.94. The Morgan fingerprint density at radius 1 is 1.24 bits per heavy atom. The van der Waals surface area contributed by atoms with Gasteiger partial charge >= 0.3 is 0 Å². The van der Waals surface area contributed by atoms with Gasteiger partial charge in [-0.1, -0.05) is 38.5 Å². The van der Waals surface area contributed by atoms with Crippen molar-refractivity contribution in [2.45, 2.75) is 38.6 Å². The molecular formula is C15H20N2. The Bertz CT molecular complexity index is 407. The van der Waals surface area contributed by atoms with Gasteiger partial charge in [0.2, 0.25) is 0 Å². The molecule has 1 aliphatic carbocycles. The lowest BCUT2D eigenvalue weighted by Crippen LogP contribution is -2.47. The van der Waals surface area contributed by atoms with Crippen LogP contribution in [0.3, 0.4) is 0 Å². The topological polar surface area (TPSA) is 35.8 Å². The third-order valence-electron chi connectivity index (χ3n) is 3.94. The van der Waals surface area contributed by atoms with Crippen LogP contribution in [0.2, 0.25) is 0 Å². The molecule has 0 amide bonds. The maximum Gasteiger partial charge on any atom is 0.128 e. The number of nitrogens with one attached hydrogen (secondary N) is 1. The Morgan fingerprint density at radius 3 is 2.59 bits per heavy atom. The summed E-state index contributed by atoms with van der Waals surface area (Å²) >= 11 is 0. The predicted molar refractivity (Wildman–Crippen MR) is 70.6 cm³/mol. The van der Waals surface area contributed by atoms with E-state index in [9.17, 15) is 5.26 Å². The first kappa shape index (κ1) is 12.0. The highest BCUT2D eigenvalue weighted by Crippen LogP contribution is 2.38. The van der Waals surface area contributed by atoms with Gasteiger partial charge < -0.3 is 5.32 Å². The maximum absolute atomic E-state index is 9.58. The second kappa shape index (κ2) is 4.79. The first-order valence-electron chi connectivity index (χ1n) is 6.41. The SMILES string of the molecule is CC1CCC(C)C(C#N)(Nc2ccccc2)C1. The van der Waals surface area contributed by atoms with Crippen LogP contribution < -0.4 is 5.32 Å². The zero-order chi connectivity index (χ0) is 12.3. The van der Waals surface area contributed by atoms with E-state index in [1.54, 1.807) is 0 Å². The molecule has 2 heteroatoms. The van der Waals surface area contributed by atoms with Crippen molar-refractivity contribution in [3.8, 4) is 6.07 Å². The molecule has 0 heterocycles. The second-order valence-electron chi connectivity index (χ2n) is 5.36. The lowest BCUT2D eigenvalue weighted by molar-refractivity contribution is 0.229. The van der Waals surface area contributed by atoms with E-state index in [4.69, 9.17) is 0 Å². The van der Waals surface area contributed by atoms with Gasteiger partial charge in [0.05, 0.1) is 6.07 Å². The normalized spacial score (nSPS) is 32.8. The molecule has 0 saturated heterocycles. The molecule has 0 bridgehead atoms. The van der Waals surface area contributed by atoms with Gasteiger partial charge in [0.15, 0.2) is 0 Å². The number of benzene rings is 1. The number of hydrogen-bond donors (Lipinski definition) is 1. The molecule has 1 fully saturated rings. The minimum Gasteiger partial charge on any atom is -0.367 e. The van der Waals surface area contributed by atoms with Gasteiger partial charge in [0.25, 0.3) is 0 Å². The van der Waals surface area contributed by atoms with E-state index in [-0.39, 0.29) is 5.54 Å². The van der Waals surface area contributed by atoms with E-state index in [1.165, 1.54) is 6.42 Å². The summed E-state index contributed by atoms with van der Waals surface area (Å²) in [7, 11) is 0. The highest BCUT2D eigenvalue weighted by Gasteiger charge is 2.40. The van der Waals surface area contributed by atoms with Crippen LogP contribution in [0.4, 0.5) is 5.69 Å². The average molecular weight is 228 g/mol. The van der Waals surface area contributed by atoms with Crippen LogP contribution in [0, 0.1) is 23.2 Å². The Balaban J connectivity index is 2.22. The molecular weight excluding hydrogens is 208 g/mol. The van der Waals surface area contributed by atoms with Gasteiger partial charge in [-0.2, -0.15) is 5.26 Å². The summed E-state index contributed by atoms with van der Waals surface area (Å²) in [6.07, 6.45) is 3.31. The number of nitriles is 1. The van der Waals surface area contributed by atoms with Crippen molar-refractivity contribution in [1.29, 1.82) is 5.26 Å². The van der Waals surface area contributed by atoms with E-state index in [2.05, 4.69) is 25.2 Å². The number of hydrogen-bond acceptors (Lipinski definition) is 2. The molecule has 17 heavy (non-hydrogen) atoms. The van der Waals surface area contributed by atoms with Crippen molar-refractivity contribution < 1.29 is 0 Å². The van der Waals surface area contributed by atoms with Gasteiger partial charge in [-0.25, -0.2) is 0 Å². The van der Waals surface area contributed by atoms with Gasteiger partial charge in [-0.15, -0.1) is 0 Å². The smallest absolute Gasteiger partial charge is 0.128 e. The molecule has 1 saturated carbocycles. The van der Waals surface area contributed by atoms with Crippen LogP contribution in [0.15, 0.2) is 30.3 Å². The van der Waals surface area contributed by atoms with Crippen molar-refractivity contribution >= 4 is 5.69 Å². The first-order chi connectivity index (χ1) is 8.16. The van der Waals surface area contributed by atoms with E-state index >= 15 is 0 Å². The van der Waals surface area contributed by atoms with Crippen LogP contribution in [-0.4, -0.2) is 5.54 Å². The number of nitrogens with zero attached hydrogens (tertiary/aromatic N) is 1. The summed E-state index contributed by atoms with van der Waals surface area (Å²) in [5.41, 5.74) is 0.661. The third kappa shape index (κ3) is 2.44. The van der Waals surface area contributed by atoms with E-state index in [1.807, 2.05) is 30.3 Å². The van der Waals surface area contributed by atoms with Gasteiger partial charge in [0, 0.05) is 5.69 Å². The van der Waals surface area contributed by atoms with Crippen molar-refractivity contribution in [3.63, 3.8) is 0 Å². The van der Waals surface area contributed by atoms with Crippen molar-refractivity contribution in [2.24, 2.45) is 11.8 Å². The maximum atomic E-state index is 9.58. The number of anilines is 1. The summed E-state index contributed by atoms with van der Waals surface area (Å²) in [6, 6.07) is 12.6. The Hall–Kier alpha value is -1.49. The molecule has 0 aliphatic heterocycles. The summed E-state index contributed by atoms with van der Waals surface area (Å²) in [6.45, 7) is 4.43. The zero-order valence-corrected chi connectivity index (χ0v) is 10.6. The first-order valence-corrected chi connectivity index (χ1v) is 6.41. The van der Waals surface area contributed by atoms with Crippen LogP contribution in [-0.2, 0) is 0 Å². The van der Waals surface area contributed by atoms with Crippen molar-refractivity contribution in [2.75, 3.05) is 5.32 Å². The molecule has 90 valence electrons. The van der Waals surface area contributed by atoms with Crippen LogP contribution >= 0.6 is 0 Å². The largest absolute Gasteiger partial charge is 0.367 e. The van der Waals surface area contributed by atoms with Gasteiger partial charge in [-0.05, 0) is 36.8 Å². The van der Waals surface area contributed by atoms with Crippen LogP contribution in [0.1, 0.15) is 33.1 Å². The van der Waals surface area contributed by atoms with E-state index < -0.39 is 0 Å². The molecule has 0 spiro atoms. The molecule has 1 aromatic carbocycles. The zero-order valence-electron chi connectivity index (χ0n) is 10.6. The fourth-order valence-corrected chi connectivity index (χ4v) is 2.77. The van der Waals surface area contributed by atoms with Crippen molar-refractivity contribution in [1.82, 2.24) is 0 Å². The molecule has 1 N–H and O–H groups in total. The molecule has 2 nitrogen and oxygen atoms in total. The van der Waals surface area contributed by atoms with Gasteiger partial charge in [0.1, 0.15) is 5.54 Å². The second-order valence-corrected chi connectivity index (χ2v) is 5.36. The predicted octanol–water partition coefficient (Wildman–Crippen LogP) is 3.82. The molecule has 2 rings (SSSR count). The Morgan fingerprint density at radius 2 is 1.94 bits per heavy atom. The lowest BCUT2D eigenvalue weighted by atomic mass is 9.70. The average Bonchev–Trinajstić information content (AvgIpc) is 2.35. The summed E-state index contributed by atoms with van der Waals surface area (Å²) < 4.78 is 0. The minimum absolute atomic E-state index is 0.390. The summed E-state index contributed by atoms with van der Waals surface area (Å²) in [5, 5.41) is 13.0. The number of para-hydroxylation sites is 1. The number of rotatable bonds is 2. The van der Waals surface area contributed by atoms with E-state index in [0.29, 0.717) is 11.8 Å². The van der Waals surface area contributed by atoms with Gasteiger partial charge in [-0.3, -0.25) is 0 Å². The molecule has 0 radical (unpaired) electrons. The standard InChI is InChI=1S/C15H20N2/c1-12-8-9-13(2)15(10-12,11-16)17-14-6-4-3-5-7-14/h3-7,12-13,17H,8-10H2,1-2H3. The molecule has 1 aliphatic rings. The molecule has 1 aromatic rings. The lowest BCUT2D eigenvalue weighted by Gasteiger charge is -2.41. The van der Waals surface area contributed by atoms with Crippen LogP contribution in [0.5, 0.6) is 0 Å². The monoisotopic (exact) mass is 228 g/mol. The fraction of sp³-hybridized carbons (Fsp3) is 0.533. The highest BCUT2D eigenvalue weighted by molar-refractivity contribution is 5.48. The Kier molecular flexibility index (Phi) is 3.38. The fourth-order valence-electron chi connectivity index (χ4n) is 2.77. The quantitative estimate of drug-likeness (QED) is 0.835. The summed E-state index contributed by atoms with van der Waals surface area (Å²) in [4.78, 5) is 0. The molecule has 3 unspecified atom stereocenters. The van der Waals surface area contributed by atoms with Crippen molar-refractivity contribution in [3.05, 3.63) is 30.3 Å². The van der Waals surface area contributed by atoms with E-state index in [0.717, 1.165) is 18.5 Å². The molecule has 3 atom stereocenters.